The Bertz CT molecular complexity index is 805. The average Bonchev–Trinajstić information content (AvgIpc) is 2.99. The SMILES string of the molecule is C=Nc1cc(C2=Nc3c(N)cccc3C2)ccc1N(C)CC(C)C. The number of rotatable bonds is 5. The van der Waals surface area contributed by atoms with Gasteiger partial charge in [0.1, 0.15) is 0 Å². The van der Waals surface area contributed by atoms with Crippen molar-refractivity contribution in [2.45, 2.75) is 20.3 Å². The van der Waals surface area contributed by atoms with Gasteiger partial charge in [0.05, 0.1) is 28.5 Å². The molecule has 0 aromatic heterocycles. The van der Waals surface area contributed by atoms with Gasteiger partial charge in [-0.2, -0.15) is 0 Å². The van der Waals surface area contributed by atoms with Crippen molar-refractivity contribution in [2.24, 2.45) is 15.9 Å². The summed E-state index contributed by atoms with van der Waals surface area (Å²) in [6.07, 6.45) is 0.804. The summed E-state index contributed by atoms with van der Waals surface area (Å²) in [4.78, 5) is 11.2. The number of nitrogens with zero attached hydrogens (tertiary/aromatic N) is 3. The Labute approximate surface area is 143 Å². The highest BCUT2D eigenvalue weighted by Gasteiger charge is 2.19. The topological polar surface area (TPSA) is 54.0 Å². The summed E-state index contributed by atoms with van der Waals surface area (Å²) in [7, 11) is 2.09. The molecule has 0 saturated carbocycles. The van der Waals surface area contributed by atoms with Gasteiger partial charge in [0.2, 0.25) is 0 Å². The minimum absolute atomic E-state index is 0.587. The second kappa shape index (κ2) is 6.48. The molecule has 0 bridgehead atoms. The number of anilines is 2. The van der Waals surface area contributed by atoms with Crippen molar-refractivity contribution in [3.05, 3.63) is 47.5 Å². The van der Waals surface area contributed by atoms with Crippen LogP contribution in [-0.2, 0) is 6.42 Å². The zero-order chi connectivity index (χ0) is 17.3. The van der Waals surface area contributed by atoms with Crippen LogP contribution in [0.3, 0.4) is 0 Å². The van der Waals surface area contributed by atoms with E-state index in [0.717, 1.165) is 47.0 Å². The maximum atomic E-state index is 6.04. The number of nitrogens with two attached hydrogens (primary N) is 1. The highest BCUT2D eigenvalue weighted by Crippen LogP contribution is 2.36. The summed E-state index contributed by atoms with van der Waals surface area (Å²) in [5.74, 6) is 0.587. The van der Waals surface area contributed by atoms with E-state index in [9.17, 15) is 0 Å². The van der Waals surface area contributed by atoms with Crippen molar-refractivity contribution in [3.8, 4) is 0 Å². The summed E-state index contributed by atoms with van der Waals surface area (Å²) >= 11 is 0. The maximum absolute atomic E-state index is 6.04. The Hall–Kier alpha value is -2.62. The summed E-state index contributed by atoms with van der Waals surface area (Å²) in [6.45, 7) is 9.13. The molecule has 1 aliphatic rings. The third-order valence-electron chi connectivity index (χ3n) is 4.28. The molecule has 0 amide bonds. The lowest BCUT2D eigenvalue weighted by Gasteiger charge is -2.23. The molecule has 0 saturated heterocycles. The lowest BCUT2D eigenvalue weighted by molar-refractivity contribution is 0.638. The quantitative estimate of drug-likeness (QED) is 0.657. The first-order valence-corrected chi connectivity index (χ1v) is 8.26. The number of benzene rings is 2. The van der Waals surface area contributed by atoms with Crippen LogP contribution < -0.4 is 10.6 Å². The molecule has 0 unspecified atom stereocenters. The molecule has 1 heterocycles. The molecule has 0 atom stereocenters. The van der Waals surface area contributed by atoms with E-state index in [1.54, 1.807) is 0 Å². The first-order chi connectivity index (χ1) is 11.5. The van der Waals surface area contributed by atoms with Gasteiger partial charge in [-0.05, 0) is 42.0 Å². The predicted octanol–water partition coefficient (Wildman–Crippen LogP) is 4.37. The van der Waals surface area contributed by atoms with Gasteiger partial charge in [-0.25, -0.2) is 0 Å². The summed E-state index contributed by atoms with van der Waals surface area (Å²) in [5.41, 5.74) is 13.0. The Morgan fingerprint density at radius 3 is 2.75 bits per heavy atom. The summed E-state index contributed by atoms with van der Waals surface area (Å²) < 4.78 is 0. The molecule has 24 heavy (non-hydrogen) atoms. The van der Waals surface area contributed by atoms with Crippen molar-refractivity contribution >= 4 is 35.2 Å². The third-order valence-corrected chi connectivity index (χ3v) is 4.28. The second-order valence-corrected chi connectivity index (χ2v) is 6.73. The van der Waals surface area contributed by atoms with Crippen molar-refractivity contribution < 1.29 is 0 Å². The Kier molecular flexibility index (Phi) is 4.38. The molecule has 2 aromatic rings. The molecule has 3 rings (SSSR count). The van der Waals surface area contributed by atoms with Gasteiger partial charge in [-0.1, -0.05) is 32.0 Å². The molecule has 4 nitrogen and oxygen atoms in total. The molecule has 0 radical (unpaired) electrons. The van der Waals surface area contributed by atoms with Crippen LogP contribution in [0.1, 0.15) is 25.0 Å². The summed E-state index contributed by atoms with van der Waals surface area (Å²) in [6, 6.07) is 12.2. The van der Waals surface area contributed by atoms with E-state index in [1.165, 1.54) is 5.56 Å². The summed E-state index contributed by atoms with van der Waals surface area (Å²) in [5, 5.41) is 0. The first kappa shape index (κ1) is 16.2. The van der Waals surface area contributed by atoms with Crippen LogP contribution in [0.5, 0.6) is 0 Å². The minimum atomic E-state index is 0.587. The molecule has 2 N–H and O–H groups in total. The van der Waals surface area contributed by atoms with Crippen LogP contribution in [-0.4, -0.2) is 26.0 Å². The molecule has 124 valence electrons. The lowest BCUT2D eigenvalue weighted by Crippen LogP contribution is -2.22. The maximum Gasteiger partial charge on any atom is 0.0898 e. The zero-order valence-corrected chi connectivity index (χ0v) is 14.6. The van der Waals surface area contributed by atoms with Crippen LogP contribution in [0.15, 0.2) is 46.4 Å². The van der Waals surface area contributed by atoms with Crippen molar-refractivity contribution in [3.63, 3.8) is 0 Å². The van der Waals surface area contributed by atoms with Crippen molar-refractivity contribution in [1.82, 2.24) is 0 Å². The first-order valence-electron chi connectivity index (χ1n) is 8.26. The second-order valence-electron chi connectivity index (χ2n) is 6.73. The minimum Gasteiger partial charge on any atom is -0.397 e. The van der Waals surface area contributed by atoms with Gasteiger partial charge in [0, 0.05) is 20.0 Å². The van der Waals surface area contributed by atoms with E-state index in [-0.39, 0.29) is 0 Å². The fraction of sp³-hybridized carbons (Fsp3) is 0.300. The molecule has 2 aromatic carbocycles. The molecular formula is C20H24N4. The predicted molar refractivity (Wildman–Crippen MR) is 105 cm³/mol. The zero-order valence-electron chi connectivity index (χ0n) is 14.6. The van der Waals surface area contributed by atoms with Gasteiger partial charge in [-0.3, -0.25) is 9.98 Å². The monoisotopic (exact) mass is 320 g/mol. The molecule has 0 spiro atoms. The van der Waals surface area contributed by atoms with E-state index in [4.69, 9.17) is 10.7 Å². The lowest BCUT2D eigenvalue weighted by atomic mass is 10.0. The van der Waals surface area contributed by atoms with Gasteiger partial charge >= 0.3 is 0 Å². The van der Waals surface area contributed by atoms with Crippen LogP contribution in [0, 0.1) is 5.92 Å². The third kappa shape index (κ3) is 3.04. The molecule has 1 aliphatic heterocycles. The van der Waals surface area contributed by atoms with Crippen LogP contribution in [0.4, 0.5) is 22.7 Å². The Morgan fingerprint density at radius 2 is 2.08 bits per heavy atom. The largest absolute Gasteiger partial charge is 0.397 e. The van der Waals surface area contributed by atoms with E-state index in [2.05, 4.69) is 61.8 Å². The molecule has 0 fully saturated rings. The highest BCUT2D eigenvalue weighted by atomic mass is 15.1. The van der Waals surface area contributed by atoms with Crippen molar-refractivity contribution in [2.75, 3.05) is 24.2 Å². The number of nitrogen functional groups attached to an aromatic ring is 1. The fourth-order valence-electron chi connectivity index (χ4n) is 3.21. The number of aliphatic imine (C=N–C) groups is 2. The van der Waals surface area contributed by atoms with E-state index in [1.807, 2.05) is 12.1 Å². The standard InChI is InChI=1S/C20H24N4/c1-13(2)12-24(4)19-9-8-14(10-18(19)22-3)17-11-15-6-5-7-16(21)20(15)23-17/h5-10,13H,3,11-12,21H2,1-2,4H3. The molecule has 4 heteroatoms. The Morgan fingerprint density at radius 1 is 1.29 bits per heavy atom. The highest BCUT2D eigenvalue weighted by molar-refractivity contribution is 6.08. The van der Waals surface area contributed by atoms with E-state index >= 15 is 0 Å². The van der Waals surface area contributed by atoms with Crippen LogP contribution in [0.25, 0.3) is 0 Å². The van der Waals surface area contributed by atoms with Gasteiger partial charge in [0.15, 0.2) is 0 Å². The number of fused-ring (bicyclic) bond motifs is 1. The van der Waals surface area contributed by atoms with Gasteiger partial charge < -0.3 is 10.6 Å². The average molecular weight is 320 g/mol. The number of para-hydroxylation sites is 1. The van der Waals surface area contributed by atoms with Gasteiger partial charge in [0.25, 0.3) is 0 Å². The Balaban J connectivity index is 1.93. The smallest absolute Gasteiger partial charge is 0.0898 e. The fourth-order valence-corrected chi connectivity index (χ4v) is 3.21. The van der Waals surface area contributed by atoms with Gasteiger partial charge in [-0.15, -0.1) is 0 Å². The van der Waals surface area contributed by atoms with Crippen molar-refractivity contribution in [1.29, 1.82) is 0 Å². The number of hydrogen-bond acceptors (Lipinski definition) is 4. The van der Waals surface area contributed by atoms with Crippen LogP contribution in [0.2, 0.25) is 0 Å². The van der Waals surface area contributed by atoms with Crippen LogP contribution >= 0.6 is 0 Å². The molecular weight excluding hydrogens is 296 g/mol. The number of hydrogen-bond donors (Lipinski definition) is 1. The normalized spacial score (nSPS) is 12.9. The molecule has 0 aliphatic carbocycles. The van der Waals surface area contributed by atoms with E-state index < -0.39 is 0 Å². The van der Waals surface area contributed by atoms with E-state index in [0.29, 0.717) is 5.92 Å².